The van der Waals surface area contributed by atoms with Gasteiger partial charge in [0, 0.05) is 55.7 Å². The lowest BCUT2D eigenvalue weighted by Crippen LogP contribution is -2.48. The Labute approximate surface area is 260 Å². The lowest BCUT2D eigenvalue weighted by Gasteiger charge is -2.37. The SMILES string of the molecule is CN1CC(=O)N(C)C(c2ccc(Nc3nc(N4CCCC(NC(=O)c5cc6c(s5)C5CCC6C5)C4)nn4ccnc34)cc2)C1. The van der Waals surface area contributed by atoms with E-state index in [0.717, 1.165) is 42.1 Å². The number of rotatable bonds is 6. The first kappa shape index (κ1) is 27.5. The summed E-state index contributed by atoms with van der Waals surface area (Å²) in [6.07, 6.45) is 9.25. The Morgan fingerprint density at radius 2 is 1.91 bits per heavy atom. The van der Waals surface area contributed by atoms with E-state index in [9.17, 15) is 9.59 Å². The predicted molar refractivity (Wildman–Crippen MR) is 170 cm³/mol. The maximum absolute atomic E-state index is 13.3. The zero-order valence-electron chi connectivity index (χ0n) is 25.1. The van der Waals surface area contributed by atoms with Crippen LogP contribution >= 0.6 is 11.3 Å². The zero-order valence-corrected chi connectivity index (χ0v) is 25.9. The Morgan fingerprint density at radius 3 is 2.75 bits per heavy atom. The van der Waals surface area contributed by atoms with E-state index in [-0.39, 0.29) is 23.9 Å². The number of aromatic nitrogens is 4. The number of amides is 2. The molecule has 4 atom stereocenters. The van der Waals surface area contributed by atoms with Crippen molar-refractivity contribution in [3.63, 3.8) is 0 Å². The van der Waals surface area contributed by atoms with Gasteiger partial charge in [-0.1, -0.05) is 12.1 Å². The Bertz CT molecular complexity index is 1710. The van der Waals surface area contributed by atoms with Gasteiger partial charge in [0.1, 0.15) is 0 Å². The van der Waals surface area contributed by atoms with Crippen molar-refractivity contribution in [1.29, 1.82) is 0 Å². The molecule has 4 aromatic rings. The van der Waals surface area contributed by atoms with Crippen molar-refractivity contribution >= 4 is 46.3 Å². The fourth-order valence-corrected chi connectivity index (χ4v) is 8.79. The summed E-state index contributed by atoms with van der Waals surface area (Å²) >= 11 is 1.70. The molecule has 2 aliphatic carbocycles. The second kappa shape index (κ2) is 10.8. The van der Waals surface area contributed by atoms with E-state index in [1.807, 2.05) is 37.3 Å². The number of nitrogens with zero attached hydrogens (tertiary/aromatic N) is 7. The Balaban J connectivity index is 0.976. The molecule has 2 amide bonds. The summed E-state index contributed by atoms with van der Waals surface area (Å²) in [7, 11) is 3.85. The number of nitrogens with one attached hydrogen (secondary N) is 2. The molecular weight excluding hydrogens is 574 g/mol. The van der Waals surface area contributed by atoms with E-state index in [2.05, 4.69) is 43.6 Å². The van der Waals surface area contributed by atoms with Crippen LogP contribution in [0.3, 0.4) is 0 Å². The predicted octanol–water partition coefficient (Wildman–Crippen LogP) is 4.14. The fraction of sp³-hybridized carbons (Fsp3) is 0.469. The van der Waals surface area contributed by atoms with Crippen LogP contribution in [-0.2, 0) is 4.79 Å². The summed E-state index contributed by atoms with van der Waals surface area (Å²) in [6.45, 7) is 2.72. The number of fused-ring (bicyclic) bond motifs is 6. The van der Waals surface area contributed by atoms with E-state index < -0.39 is 0 Å². The topological polar surface area (TPSA) is 111 Å². The van der Waals surface area contributed by atoms with Crippen LogP contribution in [0, 0.1) is 0 Å². The lowest BCUT2D eigenvalue weighted by molar-refractivity contribution is -0.137. The highest BCUT2D eigenvalue weighted by molar-refractivity contribution is 7.14. The minimum Gasteiger partial charge on any atom is -0.347 e. The van der Waals surface area contributed by atoms with Gasteiger partial charge in [-0.15, -0.1) is 16.4 Å². The summed E-state index contributed by atoms with van der Waals surface area (Å²) in [5.74, 6) is 2.73. The summed E-state index contributed by atoms with van der Waals surface area (Å²) in [4.78, 5) is 43.4. The summed E-state index contributed by atoms with van der Waals surface area (Å²) in [6, 6.07) is 10.4. The van der Waals surface area contributed by atoms with E-state index in [4.69, 9.17) is 10.1 Å². The fourth-order valence-electron chi connectivity index (χ4n) is 7.49. The van der Waals surface area contributed by atoms with Gasteiger partial charge in [-0.25, -0.2) is 9.50 Å². The van der Waals surface area contributed by atoms with Crippen LogP contribution < -0.4 is 15.5 Å². The van der Waals surface area contributed by atoms with Crippen molar-refractivity contribution in [1.82, 2.24) is 34.7 Å². The first-order chi connectivity index (χ1) is 21.4. The maximum Gasteiger partial charge on any atom is 0.261 e. The molecule has 4 aliphatic rings. The highest BCUT2D eigenvalue weighted by Gasteiger charge is 2.39. The molecule has 0 spiro atoms. The van der Waals surface area contributed by atoms with E-state index in [1.165, 1.54) is 29.7 Å². The van der Waals surface area contributed by atoms with Crippen LogP contribution in [0.25, 0.3) is 5.65 Å². The van der Waals surface area contributed by atoms with Crippen LogP contribution in [0.5, 0.6) is 0 Å². The minimum atomic E-state index is 0.0169. The highest BCUT2D eigenvalue weighted by atomic mass is 32.1. The first-order valence-electron chi connectivity index (χ1n) is 15.6. The van der Waals surface area contributed by atoms with Gasteiger partial charge in [0.05, 0.1) is 17.5 Å². The monoisotopic (exact) mass is 611 g/mol. The van der Waals surface area contributed by atoms with Gasteiger partial charge in [-0.05, 0) is 80.3 Å². The number of imidazole rings is 1. The second-order valence-corrected chi connectivity index (χ2v) is 13.9. The molecule has 4 unspecified atom stereocenters. The first-order valence-corrected chi connectivity index (χ1v) is 16.4. The molecule has 3 fully saturated rings. The van der Waals surface area contributed by atoms with Crippen LogP contribution in [0.1, 0.15) is 75.7 Å². The van der Waals surface area contributed by atoms with Gasteiger partial charge >= 0.3 is 0 Å². The highest BCUT2D eigenvalue weighted by Crippen LogP contribution is 2.55. The quantitative estimate of drug-likeness (QED) is 0.335. The molecule has 8 rings (SSSR count). The van der Waals surface area contributed by atoms with Gasteiger partial charge in [0.2, 0.25) is 11.9 Å². The summed E-state index contributed by atoms with van der Waals surface area (Å²) in [5, 5.41) is 11.5. The van der Waals surface area contributed by atoms with Gasteiger partial charge in [-0.2, -0.15) is 4.98 Å². The number of carbonyl (C=O) groups is 2. The zero-order chi connectivity index (χ0) is 29.9. The molecule has 2 saturated heterocycles. The van der Waals surface area contributed by atoms with Gasteiger partial charge in [-0.3, -0.25) is 14.5 Å². The molecule has 2 aliphatic heterocycles. The molecule has 1 aromatic carbocycles. The third kappa shape index (κ3) is 4.89. The summed E-state index contributed by atoms with van der Waals surface area (Å²) < 4.78 is 1.75. The number of piperidine rings is 1. The number of anilines is 3. The Morgan fingerprint density at radius 1 is 1.07 bits per heavy atom. The molecule has 1 saturated carbocycles. The van der Waals surface area contributed by atoms with Crippen molar-refractivity contribution in [2.45, 2.75) is 56.0 Å². The summed E-state index contributed by atoms with van der Waals surface area (Å²) in [5.41, 5.74) is 4.04. The maximum atomic E-state index is 13.3. The molecule has 228 valence electrons. The third-order valence-corrected chi connectivity index (χ3v) is 11.2. The van der Waals surface area contributed by atoms with Gasteiger partial charge in [0.15, 0.2) is 11.5 Å². The van der Waals surface area contributed by atoms with Crippen molar-refractivity contribution in [3.05, 3.63) is 63.6 Å². The van der Waals surface area contributed by atoms with Crippen LogP contribution in [0.4, 0.5) is 17.5 Å². The number of benzene rings is 1. The van der Waals surface area contributed by atoms with Gasteiger partial charge < -0.3 is 20.4 Å². The molecule has 12 heteroatoms. The van der Waals surface area contributed by atoms with Gasteiger partial charge in [0.25, 0.3) is 5.91 Å². The lowest BCUT2D eigenvalue weighted by atomic mass is 9.99. The number of carbonyl (C=O) groups excluding carboxylic acids is 2. The normalized spacial score (nSPS) is 25.1. The van der Waals surface area contributed by atoms with E-state index in [0.29, 0.717) is 42.3 Å². The Hall–Kier alpha value is -4.03. The second-order valence-electron chi connectivity index (χ2n) is 12.8. The van der Waals surface area contributed by atoms with E-state index >= 15 is 0 Å². The number of hydrogen-bond acceptors (Lipinski definition) is 9. The van der Waals surface area contributed by atoms with Crippen LogP contribution in [0.2, 0.25) is 0 Å². The molecule has 11 nitrogen and oxygen atoms in total. The molecule has 44 heavy (non-hydrogen) atoms. The van der Waals surface area contributed by atoms with Crippen molar-refractivity contribution < 1.29 is 9.59 Å². The standard InChI is InChI=1S/C32H37N9O2S/c1-38-17-25(39(2)27(42)18-38)19-7-9-22(10-8-19)34-29-30-33-11-13-41(30)37-32(36-29)40-12-3-4-23(16-40)35-31(43)26-15-24-20-5-6-21(14-20)28(24)44-26/h7-11,13,15,20-21,23,25H,3-6,12,14,16-18H2,1-2H3,(H,35,43)(H,34,36,37). The minimum absolute atomic E-state index is 0.0169. The molecule has 2 bridgehead atoms. The number of hydrogen-bond donors (Lipinski definition) is 2. The average molecular weight is 612 g/mol. The number of thiophene rings is 1. The average Bonchev–Trinajstić information content (AvgIpc) is 3.83. The molecule has 2 N–H and O–H groups in total. The van der Waals surface area contributed by atoms with Crippen LogP contribution in [-0.4, -0.2) is 87.5 Å². The smallest absolute Gasteiger partial charge is 0.261 e. The Kier molecular flexibility index (Phi) is 6.78. The van der Waals surface area contributed by atoms with Crippen molar-refractivity contribution in [3.8, 4) is 0 Å². The molecular formula is C32H37N9O2S. The third-order valence-electron chi connectivity index (χ3n) is 9.85. The molecule has 0 radical (unpaired) electrons. The van der Waals surface area contributed by atoms with Crippen molar-refractivity contribution in [2.24, 2.45) is 0 Å². The molecule has 3 aromatic heterocycles. The number of likely N-dealkylation sites (N-methyl/N-ethyl adjacent to an activating group) is 2. The van der Waals surface area contributed by atoms with Crippen molar-refractivity contribution in [2.75, 3.05) is 50.5 Å². The van der Waals surface area contributed by atoms with Crippen LogP contribution in [0.15, 0.2) is 42.7 Å². The van der Waals surface area contributed by atoms with E-state index in [1.54, 1.807) is 22.0 Å². The number of piperazine rings is 1. The largest absolute Gasteiger partial charge is 0.347 e. The molecule has 5 heterocycles.